The molecule has 0 saturated carbocycles. The number of rotatable bonds is 3. The van der Waals surface area contributed by atoms with Crippen molar-refractivity contribution in [3.8, 4) is 11.5 Å². The van der Waals surface area contributed by atoms with E-state index >= 15 is 0 Å². The molecule has 0 aromatic heterocycles. The van der Waals surface area contributed by atoms with E-state index in [-0.39, 0.29) is 5.91 Å². The second-order valence-corrected chi connectivity index (χ2v) is 7.10. The summed E-state index contributed by atoms with van der Waals surface area (Å²) < 4.78 is 10.6. The van der Waals surface area contributed by atoms with Crippen molar-refractivity contribution >= 4 is 28.9 Å². The van der Waals surface area contributed by atoms with Gasteiger partial charge in [0.2, 0.25) is 0 Å². The topological polar surface area (TPSA) is 51.1 Å². The number of aliphatic imine (C=N–C) groups is 1. The van der Waals surface area contributed by atoms with Crippen LogP contribution in [0, 0.1) is 5.92 Å². The van der Waals surface area contributed by atoms with E-state index in [1.807, 2.05) is 24.3 Å². The van der Waals surface area contributed by atoms with Gasteiger partial charge in [0, 0.05) is 18.7 Å². The molecule has 1 aromatic carbocycles. The van der Waals surface area contributed by atoms with Crippen LogP contribution in [-0.2, 0) is 4.79 Å². The lowest BCUT2D eigenvalue weighted by Crippen LogP contribution is -2.35. The molecule has 2 aliphatic heterocycles. The summed E-state index contributed by atoms with van der Waals surface area (Å²) in [5.74, 6) is 2.00. The summed E-state index contributed by atoms with van der Waals surface area (Å²) >= 11 is 1.45. The van der Waals surface area contributed by atoms with E-state index in [0.29, 0.717) is 10.7 Å². The zero-order valence-corrected chi connectivity index (χ0v) is 15.1. The molecule has 3 rings (SSSR count). The van der Waals surface area contributed by atoms with Gasteiger partial charge in [-0.05, 0) is 54.8 Å². The lowest BCUT2D eigenvalue weighted by Gasteiger charge is -2.30. The number of likely N-dealkylation sites (tertiary alicyclic amines) is 1. The molecular weight excluding hydrogens is 324 g/mol. The Morgan fingerprint density at radius 1 is 1.25 bits per heavy atom. The molecule has 1 amide bonds. The van der Waals surface area contributed by atoms with Gasteiger partial charge < -0.3 is 14.4 Å². The average Bonchev–Trinajstić information content (AvgIpc) is 2.96. The van der Waals surface area contributed by atoms with Gasteiger partial charge in [0.15, 0.2) is 5.17 Å². The first kappa shape index (κ1) is 16.9. The minimum atomic E-state index is -0.182. The van der Waals surface area contributed by atoms with Crippen molar-refractivity contribution in [3.63, 3.8) is 0 Å². The number of amides is 1. The first-order valence-corrected chi connectivity index (χ1v) is 8.92. The van der Waals surface area contributed by atoms with E-state index in [9.17, 15) is 4.79 Å². The van der Waals surface area contributed by atoms with E-state index in [1.54, 1.807) is 14.2 Å². The molecule has 1 fully saturated rings. The van der Waals surface area contributed by atoms with Crippen LogP contribution in [0.2, 0.25) is 0 Å². The Hall–Kier alpha value is -1.95. The standard InChI is InChI=1S/C18H22N2O3S/c1-12-6-8-20(9-7-12)18-19-17(21)16(24-18)11-13-10-14(22-2)4-5-15(13)23-3/h4-5,10-12H,6-9H2,1-3H3/b16-11+. The van der Waals surface area contributed by atoms with Gasteiger partial charge in [0.1, 0.15) is 11.5 Å². The Bertz CT molecular complexity index is 692. The predicted molar refractivity (Wildman–Crippen MR) is 97.5 cm³/mol. The lowest BCUT2D eigenvalue weighted by molar-refractivity contribution is -0.113. The molecule has 2 heterocycles. The minimum absolute atomic E-state index is 0.182. The van der Waals surface area contributed by atoms with Gasteiger partial charge in [-0.1, -0.05) is 6.92 Å². The quantitative estimate of drug-likeness (QED) is 0.785. The maximum Gasteiger partial charge on any atom is 0.286 e. The summed E-state index contributed by atoms with van der Waals surface area (Å²) in [6, 6.07) is 5.53. The molecule has 0 unspecified atom stereocenters. The minimum Gasteiger partial charge on any atom is -0.497 e. The Labute approximate surface area is 146 Å². The Morgan fingerprint density at radius 2 is 2.00 bits per heavy atom. The molecule has 6 heteroatoms. The first-order chi connectivity index (χ1) is 11.6. The van der Waals surface area contributed by atoms with Gasteiger partial charge in [0.05, 0.1) is 19.1 Å². The number of carbonyl (C=O) groups is 1. The van der Waals surface area contributed by atoms with Crippen molar-refractivity contribution in [2.24, 2.45) is 10.9 Å². The number of hydrogen-bond acceptors (Lipinski definition) is 5. The normalized spacial score (nSPS) is 20.5. The van der Waals surface area contributed by atoms with E-state index < -0.39 is 0 Å². The maximum atomic E-state index is 12.3. The fraction of sp³-hybridized carbons (Fsp3) is 0.444. The molecule has 0 spiro atoms. The highest BCUT2D eigenvalue weighted by molar-refractivity contribution is 8.18. The molecule has 2 aliphatic rings. The monoisotopic (exact) mass is 346 g/mol. The smallest absolute Gasteiger partial charge is 0.286 e. The van der Waals surface area contributed by atoms with Crippen molar-refractivity contribution in [3.05, 3.63) is 28.7 Å². The van der Waals surface area contributed by atoms with Crippen molar-refractivity contribution < 1.29 is 14.3 Å². The second-order valence-electron chi connectivity index (χ2n) is 6.09. The molecule has 24 heavy (non-hydrogen) atoms. The molecule has 128 valence electrons. The lowest BCUT2D eigenvalue weighted by atomic mass is 10.00. The molecule has 0 bridgehead atoms. The summed E-state index contributed by atoms with van der Waals surface area (Å²) in [7, 11) is 3.23. The summed E-state index contributed by atoms with van der Waals surface area (Å²) in [6.45, 7) is 4.21. The van der Waals surface area contributed by atoms with Crippen LogP contribution in [-0.4, -0.2) is 43.3 Å². The van der Waals surface area contributed by atoms with Gasteiger partial charge >= 0.3 is 0 Å². The maximum absolute atomic E-state index is 12.3. The summed E-state index contributed by atoms with van der Waals surface area (Å²) in [5, 5.41) is 0.819. The van der Waals surface area contributed by atoms with Gasteiger partial charge in [0.25, 0.3) is 5.91 Å². The fourth-order valence-corrected chi connectivity index (χ4v) is 3.78. The summed E-state index contributed by atoms with van der Waals surface area (Å²) in [5.41, 5.74) is 0.816. The van der Waals surface area contributed by atoms with Crippen LogP contribution in [0.3, 0.4) is 0 Å². The van der Waals surface area contributed by atoms with E-state index in [2.05, 4.69) is 16.8 Å². The van der Waals surface area contributed by atoms with Crippen molar-refractivity contribution in [2.75, 3.05) is 27.3 Å². The summed E-state index contributed by atoms with van der Waals surface area (Å²) in [6.07, 6.45) is 4.13. The van der Waals surface area contributed by atoms with Gasteiger partial charge in [-0.15, -0.1) is 0 Å². The number of hydrogen-bond donors (Lipinski definition) is 0. The SMILES string of the molecule is COc1ccc(OC)c(/C=C2/SC(N3CCC(C)CC3)=NC2=O)c1. The number of piperidine rings is 1. The van der Waals surface area contributed by atoms with Crippen LogP contribution in [0.15, 0.2) is 28.1 Å². The van der Waals surface area contributed by atoms with E-state index in [1.165, 1.54) is 11.8 Å². The highest BCUT2D eigenvalue weighted by Crippen LogP contribution is 2.34. The number of thioether (sulfide) groups is 1. The Kier molecular flexibility index (Phi) is 5.14. The molecule has 0 N–H and O–H groups in total. The number of nitrogens with zero attached hydrogens (tertiary/aromatic N) is 2. The average molecular weight is 346 g/mol. The van der Waals surface area contributed by atoms with Gasteiger partial charge in [-0.2, -0.15) is 4.99 Å². The molecule has 1 aromatic rings. The number of ether oxygens (including phenoxy) is 2. The molecule has 5 nitrogen and oxygen atoms in total. The third-order valence-corrected chi connectivity index (χ3v) is 5.43. The highest BCUT2D eigenvalue weighted by atomic mass is 32.2. The van der Waals surface area contributed by atoms with E-state index in [4.69, 9.17) is 9.47 Å². The molecule has 0 atom stereocenters. The number of benzene rings is 1. The molecule has 0 radical (unpaired) electrons. The Morgan fingerprint density at radius 3 is 2.67 bits per heavy atom. The summed E-state index contributed by atoms with van der Waals surface area (Å²) in [4.78, 5) is 19.3. The molecule has 0 aliphatic carbocycles. The van der Waals surface area contributed by atoms with Crippen molar-refractivity contribution in [1.82, 2.24) is 4.90 Å². The fourth-order valence-electron chi connectivity index (χ4n) is 2.83. The van der Waals surface area contributed by atoms with Crippen LogP contribution >= 0.6 is 11.8 Å². The van der Waals surface area contributed by atoms with Crippen LogP contribution in [0.5, 0.6) is 11.5 Å². The first-order valence-electron chi connectivity index (χ1n) is 8.10. The largest absolute Gasteiger partial charge is 0.497 e. The highest BCUT2D eigenvalue weighted by Gasteiger charge is 2.28. The van der Waals surface area contributed by atoms with Crippen molar-refractivity contribution in [2.45, 2.75) is 19.8 Å². The van der Waals surface area contributed by atoms with E-state index in [0.717, 1.165) is 48.3 Å². The second kappa shape index (κ2) is 7.30. The van der Waals surface area contributed by atoms with Crippen LogP contribution in [0.1, 0.15) is 25.3 Å². The molecular formula is C18H22N2O3S. The number of carbonyl (C=O) groups excluding carboxylic acids is 1. The zero-order chi connectivity index (χ0) is 17.1. The predicted octanol–water partition coefficient (Wildman–Crippen LogP) is 3.41. The molecule has 1 saturated heterocycles. The zero-order valence-electron chi connectivity index (χ0n) is 14.2. The third-order valence-electron chi connectivity index (χ3n) is 4.39. The van der Waals surface area contributed by atoms with Gasteiger partial charge in [-0.25, -0.2) is 0 Å². The van der Waals surface area contributed by atoms with Crippen LogP contribution in [0.25, 0.3) is 6.08 Å². The Balaban J connectivity index is 1.79. The van der Waals surface area contributed by atoms with Gasteiger partial charge in [-0.3, -0.25) is 4.79 Å². The van der Waals surface area contributed by atoms with Crippen molar-refractivity contribution in [1.29, 1.82) is 0 Å². The van der Waals surface area contributed by atoms with Crippen LogP contribution < -0.4 is 9.47 Å². The number of amidine groups is 1. The third kappa shape index (κ3) is 3.59. The number of methoxy groups -OCH3 is 2. The van der Waals surface area contributed by atoms with Crippen LogP contribution in [0.4, 0.5) is 0 Å².